The van der Waals surface area contributed by atoms with Gasteiger partial charge in [-0.05, 0) is 67.9 Å². The normalized spacial score (nSPS) is 14.4. The third-order valence-electron chi connectivity index (χ3n) is 6.54. The molecule has 0 bridgehead atoms. The average Bonchev–Trinajstić information content (AvgIpc) is 3.70. The van der Waals surface area contributed by atoms with Crippen LogP contribution in [0, 0.1) is 0 Å². The van der Waals surface area contributed by atoms with Crippen molar-refractivity contribution in [3.8, 4) is 33.3 Å². The molecule has 6 aromatic rings. The molecule has 0 spiro atoms. The molecule has 0 aliphatic carbocycles. The number of nitrogens with zero attached hydrogens (tertiary/aromatic N) is 6. The summed E-state index contributed by atoms with van der Waals surface area (Å²) in [5, 5.41) is 7.64. The fourth-order valence-electron chi connectivity index (χ4n) is 4.81. The Bertz CT molecular complexity index is 1710. The van der Waals surface area contributed by atoms with E-state index >= 15 is 0 Å². The number of rotatable bonds is 5. The van der Waals surface area contributed by atoms with Crippen molar-refractivity contribution < 1.29 is 0 Å². The molecule has 6 aromatic heterocycles. The maximum Gasteiger partial charge on any atom is 0.161 e. The molecular weight excluding hydrogens is 492 g/mol. The van der Waals surface area contributed by atoms with Crippen LogP contribution in [0.25, 0.3) is 55.4 Å². The Kier molecular flexibility index (Phi) is 5.27. The van der Waals surface area contributed by atoms with Crippen molar-refractivity contribution in [3.63, 3.8) is 0 Å². The fourth-order valence-corrected chi connectivity index (χ4v) is 5.85. The van der Waals surface area contributed by atoms with Gasteiger partial charge in [0, 0.05) is 30.7 Å². The Morgan fingerprint density at radius 2 is 1.83 bits per heavy atom. The second-order valence-electron chi connectivity index (χ2n) is 8.97. The number of hydrogen-bond acceptors (Lipinski definition) is 7. The van der Waals surface area contributed by atoms with Crippen molar-refractivity contribution in [3.05, 3.63) is 64.9 Å². The number of halogens is 1. The van der Waals surface area contributed by atoms with Crippen LogP contribution in [0.2, 0.25) is 4.34 Å². The summed E-state index contributed by atoms with van der Waals surface area (Å²) < 4.78 is 0.716. The minimum absolute atomic E-state index is 0.638. The highest BCUT2D eigenvalue weighted by Crippen LogP contribution is 2.35. The van der Waals surface area contributed by atoms with Gasteiger partial charge in [-0.1, -0.05) is 11.6 Å². The van der Waals surface area contributed by atoms with Gasteiger partial charge in [0.2, 0.25) is 0 Å². The number of nitrogens with one attached hydrogen (secondary N) is 2. The number of hydrogen-bond donors (Lipinski definition) is 2. The van der Waals surface area contributed by atoms with Gasteiger partial charge in [-0.2, -0.15) is 5.10 Å². The maximum atomic E-state index is 6.16. The van der Waals surface area contributed by atoms with Crippen LogP contribution in [-0.2, 0) is 6.54 Å². The summed E-state index contributed by atoms with van der Waals surface area (Å²) in [7, 11) is 0. The SMILES string of the molecule is Clc1ccc(-c2nccc3[nH]c(-c4n[nH]c5ccc(-c6cncc(CN7CCCC7)c6)nc45)nc23)s1. The molecule has 0 radical (unpaired) electrons. The van der Waals surface area contributed by atoms with E-state index in [0.717, 1.165) is 63.5 Å². The van der Waals surface area contributed by atoms with Gasteiger partial charge >= 0.3 is 0 Å². The Morgan fingerprint density at radius 3 is 2.69 bits per heavy atom. The first kappa shape index (κ1) is 21.6. The topological polar surface area (TPSA) is 99.3 Å². The summed E-state index contributed by atoms with van der Waals surface area (Å²) in [6, 6.07) is 11.9. The van der Waals surface area contributed by atoms with Crippen molar-refractivity contribution in [2.24, 2.45) is 0 Å². The molecule has 1 saturated heterocycles. The Labute approximate surface area is 215 Å². The third-order valence-corrected chi connectivity index (χ3v) is 7.77. The Hall–Kier alpha value is -3.66. The molecule has 1 aliphatic heterocycles. The highest BCUT2D eigenvalue weighted by molar-refractivity contribution is 7.19. The van der Waals surface area contributed by atoms with Gasteiger partial charge in [0.1, 0.15) is 16.7 Å². The number of fused-ring (bicyclic) bond motifs is 2. The first-order valence-corrected chi connectivity index (χ1v) is 13.0. The molecule has 0 atom stereocenters. The predicted octanol–water partition coefficient (Wildman–Crippen LogP) is 5.94. The van der Waals surface area contributed by atoms with Crippen molar-refractivity contribution in [2.75, 3.05) is 13.1 Å². The predicted molar refractivity (Wildman–Crippen MR) is 143 cm³/mol. The number of likely N-dealkylation sites (tertiary alicyclic amines) is 1. The van der Waals surface area contributed by atoms with E-state index in [2.05, 4.69) is 36.1 Å². The number of thiophene rings is 1. The van der Waals surface area contributed by atoms with Gasteiger partial charge in [0.05, 0.1) is 25.9 Å². The number of aromatic nitrogens is 7. The average molecular weight is 513 g/mol. The monoisotopic (exact) mass is 512 g/mol. The largest absolute Gasteiger partial charge is 0.336 e. The first-order chi connectivity index (χ1) is 17.7. The molecular formula is C26H21ClN8S. The van der Waals surface area contributed by atoms with Gasteiger partial charge < -0.3 is 4.98 Å². The lowest BCUT2D eigenvalue weighted by Crippen LogP contribution is -2.18. The van der Waals surface area contributed by atoms with Crippen LogP contribution in [0.15, 0.2) is 55.0 Å². The molecule has 0 aromatic carbocycles. The number of H-pyrrole nitrogens is 2. The van der Waals surface area contributed by atoms with Gasteiger partial charge in [0.25, 0.3) is 0 Å². The third kappa shape index (κ3) is 3.85. The van der Waals surface area contributed by atoms with E-state index in [1.807, 2.05) is 42.7 Å². The summed E-state index contributed by atoms with van der Waals surface area (Å²) in [4.78, 5) is 25.7. The van der Waals surface area contributed by atoms with Crippen LogP contribution in [0.3, 0.4) is 0 Å². The minimum Gasteiger partial charge on any atom is -0.336 e. The van der Waals surface area contributed by atoms with E-state index in [0.29, 0.717) is 15.9 Å². The van der Waals surface area contributed by atoms with Crippen molar-refractivity contribution >= 4 is 45.0 Å². The van der Waals surface area contributed by atoms with Crippen LogP contribution in [0.4, 0.5) is 0 Å². The van der Waals surface area contributed by atoms with E-state index in [1.165, 1.54) is 29.7 Å². The quantitative estimate of drug-likeness (QED) is 0.297. The van der Waals surface area contributed by atoms with Crippen LogP contribution in [0.1, 0.15) is 18.4 Å². The molecule has 0 saturated carbocycles. The molecule has 7 heterocycles. The van der Waals surface area contributed by atoms with E-state index < -0.39 is 0 Å². The maximum absolute atomic E-state index is 6.16. The molecule has 178 valence electrons. The number of aromatic amines is 2. The lowest BCUT2D eigenvalue weighted by Gasteiger charge is -2.14. The van der Waals surface area contributed by atoms with Crippen LogP contribution in [0.5, 0.6) is 0 Å². The fraction of sp³-hybridized carbons (Fsp3) is 0.192. The van der Waals surface area contributed by atoms with Gasteiger partial charge in [-0.25, -0.2) is 9.97 Å². The second kappa shape index (κ2) is 8.77. The number of imidazole rings is 1. The van der Waals surface area contributed by atoms with Crippen molar-refractivity contribution in [1.29, 1.82) is 0 Å². The summed E-state index contributed by atoms with van der Waals surface area (Å²) >= 11 is 7.65. The minimum atomic E-state index is 0.638. The van der Waals surface area contributed by atoms with Crippen molar-refractivity contribution in [1.82, 2.24) is 40.0 Å². The van der Waals surface area contributed by atoms with Crippen molar-refractivity contribution in [2.45, 2.75) is 19.4 Å². The highest BCUT2D eigenvalue weighted by Gasteiger charge is 2.18. The Balaban J connectivity index is 1.28. The first-order valence-electron chi connectivity index (χ1n) is 11.8. The van der Waals surface area contributed by atoms with Gasteiger partial charge in [0.15, 0.2) is 11.5 Å². The van der Waals surface area contributed by atoms with Gasteiger partial charge in [-0.3, -0.25) is 20.0 Å². The molecule has 0 unspecified atom stereocenters. The highest BCUT2D eigenvalue weighted by atomic mass is 35.5. The van der Waals surface area contributed by atoms with E-state index in [9.17, 15) is 0 Å². The summed E-state index contributed by atoms with van der Waals surface area (Å²) in [5.41, 5.74) is 7.76. The lowest BCUT2D eigenvalue weighted by atomic mass is 10.1. The van der Waals surface area contributed by atoms with E-state index in [-0.39, 0.29) is 0 Å². The van der Waals surface area contributed by atoms with E-state index in [1.54, 1.807) is 6.20 Å². The molecule has 36 heavy (non-hydrogen) atoms. The summed E-state index contributed by atoms with van der Waals surface area (Å²) in [5.74, 6) is 0.638. The summed E-state index contributed by atoms with van der Waals surface area (Å²) in [6.07, 6.45) is 8.13. The van der Waals surface area contributed by atoms with Crippen LogP contribution >= 0.6 is 22.9 Å². The number of pyridine rings is 3. The molecule has 0 amide bonds. The van der Waals surface area contributed by atoms with E-state index in [4.69, 9.17) is 21.6 Å². The standard InChI is InChI=1S/C26H21ClN8S/c27-21-6-5-20(36-21)24-22-18(7-8-29-24)31-26(32-22)25-23-19(33-34-25)4-3-17(30-23)16-11-15(12-28-13-16)14-35-9-1-2-10-35/h3-8,11-13H,1-2,9-10,14H2,(H,31,32)(H,33,34). The molecule has 8 nitrogen and oxygen atoms in total. The lowest BCUT2D eigenvalue weighted by molar-refractivity contribution is 0.331. The van der Waals surface area contributed by atoms with Crippen LogP contribution in [-0.4, -0.2) is 53.1 Å². The molecule has 1 aliphatic rings. The molecule has 10 heteroatoms. The molecule has 1 fully saturated rings. The zero-order valence-electron chi connectivity index (χ0n) is 19.2. The molecule has 7 rings (SSSR count). The van der Waals surface area contributed by atoms with Gasteiger partial charge in [-0.15, -0.1) is 11.3 Å². The molecule has 2 N–H and O–H groups in total. The summed E-state index contributed by atoms with van der Waals surface area (Å²) in [6.45, 7) is 3.23. The second-order valence-corrected chi connectivity index (χ2v) is 10.7. The Morgan fingerprint density at radius 1 is 0.944 bits per heavy atom. The van der Waals surface area contributed by atoms with Crippen LogP contribution < -0.4 is 0 Å². The smallest absolute Gasteiger partial charge is 0.161 e. The zero-order valence-corrected chi connectivity index (χ0v) is 20.8. The zero-order chi connectivity index (χ0) is 24.1.